The molecule has 1 fully saturated rings. The van der Waals surface area contributed by atoms with Crippen LogP contribution in [0.2, 0.25) is 0 Å². The molecule has 19 heavy (non-hydrogen) atoms. The van der Waals surface area contributed by atoms with E-state index in [1.165, 1.54) is 6.07 Å². The molecule has 1 saturated carbocycles. The quantitative estimate of drug-likeness (QED) is 0.920. The van der Waals surface area contributed by atoms with Gasteiger partial charge in [0.05, 0.1) is 0 Å². The van der Waals surface area contributed by atoms with E-state index in [9.17, 15) is 13.2 Å². The summed E-state index contributed by atoms with van der Waals surface area (Å²) in [6.07, 6.45) is -0.573. The van der Waals surface area contributed by atoms with Crippen molar-refractivity contribution < 1.29 is 17.9 Å². The zero-order valence-electron chi connectivity index (χ0n) is 10.4. The zero-order chi connectivity index (χ0) is 13.9. The maximum atomic E-state index is 12.3. The van der Waals surface area contributed by atoms with Gasteiger partial charge in [-0.05, 0) is 31.9 Å². The molecule has 1 aromatic rings. The highest BCUT2D eigenvalue weighted by Crippen LogP contribution is 2.29. The maximum Gasteiger partial charge on any atom is 0.435 e. The largest absolute Gasteiger partial charge is 0.473 e. The number of rotatable bonds is 3. The molecule has 0 amide bonds. The lowest BCUT2D eigenvalue weighted by Gasteiger charge is -2.30. The van der Waals surface area contributed by atoms with E-state index in [-0.39, 0.29) is 17.9 Å². The van der Waals surface area contributed by atoms with Gasteiger partial charge in [0.25, 0.3) is 0 Å². The maximum absolute atomic E-state index is 12.3. The highest BCUT2D eigenvalue weighted by atomic mass is 19.4. The van der Waals surface area contributed by atoms with Crippen molar-refractivity contribution in [3.8, 4) is 5.88 Å². The van der Waals surface area contributed by atoms with Crippen LogP contribution in [0.25, 0.3) is 0 Å². The van der Waals surface area contributed by atoms with Gasteiger partial charge in [-0.1, -0.05) is 6.42 Å². The Morgan fingerprint density at radius 2 is 1.95 bits per heavy atom. The summed E-state index contributed by atoms with van der Waals surface area (Å²) in [5.74, 6) is 0.358. The molecule has 0 radical (unpaired) electrons. The lowest BCUT2D eigenvalue weighted by Crippen LogP contribution is -2.35. The van der Waals surface area contributed by atoms with Crippen molar-refractivity contribution in [2.45, 2.75) is 38.0 Å². The van der Waals surface area contributed by atoms with Crippen LogP contribution < -0.4 is 10.5 Å². The fourth-order valence-corrected chi connectivity index (χ4v) is 2.29. The average molecular weight is 275 g/mol. The molecule has 2 unspecified atom stereocenters. The van der Waals surface area contributed by atoms with Crippen molar-refractivity contribution in [2.24, 2.45) is 11.7 Å². The van der Waals surface area contributed by atoms with Gasteiger partial charge in [0, 0.05) is 12.0 Å². The molecular formula is C12H16F3N3O. The molecule has 2 atom stereocenters. The van der Waals surface area contributed by atoms with Crippen molar-refractivity contribution >= 4 is 0 Å². The molecule has 1 aliphatic carbocycles. The SMILES string of the molecule is NCC1CCCCC1Oc1ccc(C(F)(F)F)nn1. The summed E-state index contributed by atoms with van der Waals surface area (Å²) in [5.41, 5.74) is 4.65. The molecular weight excluding hydrogens is 259 g/mol. The highest BCUT2D eigenvalue weighted by Gasteiger charge is 2.33. The van der Waals surface area contributed by atoms with E-state index in [0.717, 1.165) is 31.7 Å². The van der Waals surface area contributed by atoms with Gasteiger partial charge in [-0.15, -0.1) is 10.2 Å². The summed E-state index contributed by atoms with van der Waals surface area (Å²) >= 11 is 0. The zero-order valence-corrected chi connectivity index (χ0v) is 10.4. The molecule has 4 nitrogen and oxygen atoms in total. The first kappa shape index (κ1) is 14.0. The lowest BCUT2D eigenvalue weighted by atomic mass is 9.86. The van der Waals surface area contributed by atoms with Gasteiger partial charge < -0.3 is 10.5 Å². The van der Waals surface area contributed by atoms with Crippen LogP contribution in [0.1, 0.15) is 31.4 Å². The van der Waals surface area contributed by atoms with Crippen LogP contribution in [-0.2, 0) is 6.18 Å². The van der Waals surface area contributed by atoms with E-state index in [4.69, 9.17) is 10.5 Å². The first-order chi connectivity index (χ1) is 9.00. The van der Waals surface area contributed by atoms with Gasteiger partial charge >= 0.3 is 6.18 Å². The van der Waals surface area contributed by atoms with Crippen molar-refractivity contribution in [1.82, 2.24) is 10.2 Å². The molecule has 1 aromatic heterocycles. The van der Waals surface area contributed by atoms with E-state index in [1.807, 2.05) is 0 Å². The van der Waals surface area contributed by atoms with Crippen LogP contribution in [0.4, 0.5) is 13.2 Å². The molecule has 2 N–H and O–H groups in total. The van der Waals surface area contributed by atoms with Gasteiger partial charge in [-0.3, -0.25) is 0 Å². The minimum absolute atomic E-state index is 0.0789. The van der Waals surface area contributed by atoms with Crippen molar-refractivity contribution in [2.75, 3.05) is 6.54 Å². The summed E-state index contributed by atoms with van der Waals surface area (Å²) in [6.45, 7) is 0.513. The molecule has 1 aliphatic rings. The van der Waals surface area contributed by atoms with Crippen LogP contribution in [0.15, 0.2) is 12.1 Å². The number of alkyl halides is 3. The number of nitrogens with two attached hydrogens (primary N) is 1. The van der Waals surface area contributed by atoms with Crippen LogP contribution in [0.5, 0.6) is 5.88 Å². The van der Waals surface area contributed by atoms with Crippen molar-refractivity contribution in [3.63, 3.8) is 0 Å². The summed E-state index contributed by atoms with van der Waals surface area (Å²) in [5, 5.41) is 6.61. The van der Waals surface area contributed by atoms with Crippen LogP contribution in [0, 0.1) is 5.92 Å². The first-order valence-corrected chi connectivity index (χ1v) is 6.28. The van der Waals surface area contributed by atoms with Crippen LogP contribution >= 0.6 is 0 Å². The summed E-state index contributed by atoms with van der Waals surface area (Å²) < 4.78 is 42.6. The Morgan fingerprint density at radius 1 is 1.21 bits per heavy atom. The van der Waals surface area contributed by atoms with Crippen molar-refractivity contribution in [3.05, 3.63) is 17.8 Å². The molecule has 0 aromatic carbocycles. The third kappa shape index (κ3) is 3.56. The molecule has 7 heteroatoms. The van der Waals surface area contributed by atoms with Crippen LogP contribution in [0.3, 0.4) is 0 Å². The topological polar surface area (TPSA) is 61.0 Å². The predicted molar refractivity (Wildman–Crippen MR) is 62.5 cm³/mol. The van der Waals surface area contributed by atoms with E-state index >= 15 is 0 Å². The number of hydrogen-bond donors (Lipinski definition) is 1. The van der Waals surface area contributed by atoms with Gasteiger partial charge in [0.1, 0.15) is 6.10 Å². The van der Waals surface area contributed by atoms with Gasteiger partial charge in [0.15, 0.2) is 5.69 Å². The molecule has 2 rings (SSSR count). The third-order valence-corrected chi connectivity index (χ3v) is 3.34. The standard InChI is InChI=1S/C12H16F3N3O/c13-12(14,15)10-5-6-11(18-17-10)19-9-4-2-1-3-8(9)7-16/h5-6,8-9H,1-4,7,16H2. The monoisotopic (exact) mass is 275 g/mol. The minimum atomic E-state index is -4.48. The molecule has 0 bridgehead atoms. The fraction of sp³-hybridized carbons (Fsp3) is 0.667. The predicted octanol–water partition coefficient (Wildman–Crippen LogP) is 2.39. The van der Waals surface area contributed by atoms with E-state index in [2.05, 4.69) is 10.2 Å². The Bertz CT molecular complexity index is 408. The number of nitrogens with zero attached hydrogens (tertiary/aromatic N) is 2. The number of halogens is 3. The molecule has 1 heterocycles. The third-order valence-electron chi connectivity index (χ3n) is 3.34. The molecule has 0 aliphatic heterocycles. The van der Waals surface area contributed by atoms with Gasteiger partial charge in [-0.2, -0.15) is 13.2 Å². The first-order valence-electron chi connectivity index (χ1n) is 6.28. The minimum Gasteiger partial charge on any atom is -0.473 e. The number of aromatic nitrogens is 2. The Kier molecular flexibility index (Phi) is 4.24. The highest BCUT2D eigenvalue weighted by molar-refractivity contribution is 5.14. The Morgan fingerprint density at radius 3 is 2.53 bits per heavy atom. The second-order valence-electron chi connectivity index (χ2n) is 4.69. The fourth-order valence-electron chi connectivity index (χ4n) is 2.29. The van der Waals surface area contributed by atoms with E-state index < -0.39 is 11.9 Å². The Balaban J connectivity index is 2.02. The second-order valence-corrected chi connectivity index (χ2v) is 4.69. The second kappa shape index (κ2) is 5.73. The smallest absolute Gasteiger partial charge is 0.435 e. The molecule has 0 saturated heterocycles. The number of ether oxygens (including phenoxy) is 1. The van der Waals surface area contributed by atoms with E-state index in [1.54, 1.807) is 0 Å². The lowest BCUT2D eigenvalue weighted by molar-refractivity contribution is -0.141. The van der Waals surface area contributed by atoms with Crippen LogP contribution in [-0.4, -0.2) is 22.8 Å². The summed E-state index contributed by atoms with van der Waals surface area (Å²) in [7, 11) is 0. The van der Waals surface area contributed by atoms with Crippen molar-refractivity contribution in [1.29, 1.82) is 0 Å². The average Bonchev–Trinajstić information content (AvgIpc) is 2.39. The molecule has 106 valence electrons. The Hall–Kier alpha value is -1.37. The molecule has 0 spiro atoms. The summed E-state index contributed by atoms with van der Waals surface area (Å²) in [6, 6.07) is 2.08. The normalized spacial score (nSPS) is 24.2. The van der Waals surface area contributed by atoms with Gasteiger partial charge in [-0.25, -0.2) is 0 Å². The van der Waals surface area contributed by atoms with Gasteiger partial charge in [0.2, 0.25) is 5.88 Å². The van der Waals surface area contributed by atoms with E-state index in [0.29, 0.717) is 6.54 Å². The summed E-state index contributed by atoms with van der Waals surface area (Å²) in [4.78, 5) is 0. The Labute approximate surface area is 109 Å². The number of hydrogen-bond acceptors (Lipinski definition) is 4.